The summed E-state index contributed by atoms with van der Waals surface area (Å²) in [4.78, 5) is 17.5. The number of carbonyl (C=O) groups is 1. The average molecular weight is 414 g/mol. The number of aliphatic imine (C=N–C) groups is 1. The Kier molecular flexibility index (Phi) is 6.64. The lowest BCUT2D eigenvalue weighted by atomic mass is 9.71. The molecule has 164 valence electrons. The molecule has 0 saturated heterocycles. The Balaban J connectivity index is 1.64. The topological polar surface area (TPSA) is 57.1 Å². The summed E-state index contributed by atoms with van der Waals surface area (Å²) >= 11 is 0. The van der Waals surface area contributed by atoms with E-state index in [1.54, 1.807) is 7.11 Å². The summed E-state index contributed by atoms with van der Waals surface area (Å²) in [7, 11) is 1.71. The van der Waals surface area contributed by atoms with E-state index in [9.17, 15) is 4.79 Å². The molecule has 2 fully saturated rings. The lowest BCUT2D eigenvalue weighted by Gasteiger charge is -2.38. The van der Waals surface area contributed by atoms with E-state index in [-0.39, 0.29) is 11.9 Å². The summed E-state index contributed by atoms with van der Waals surface area (Å²) in [5.74, 6) is 2.53. The van der Waals surface area contributed by atoms with Gasteiger partial charge in [-0.05, 0) is 70.1 Å². The predicted molar refractivity (Wildman–Crippen MR) is 118 cm³/mol. The van der Waals surface area contributed by atoms with Gasteiger partial charge >= 0.3 is 5.97 Å². The van der Waals surface area contributed by atoms with Crippen molar-refractivity contribution in [3.05, 3.63) is 23.3 Å². The van der Waals surface area contributed by atoms with E-state index in [1.807, 2.05) is 13.8 Å². The number of methoxy groups -OCH3 is 1. The molecule has 0 aromatic heterocycles. The van der Waals surface area contributed by atoms with Crippen molar-refractivity contribution in [1.29, 1.82) is 0 Å². The van der Waals surface area contributed by atoms with Crippen molar-refractivity contribution in [3.8, 4) is 11.5 Å². The minimum atomic E-state index is -0.0303. The molecule has 1 heterocycles. The fourth-order valence-electron chi connectivity index (χ4n) is 5.60. The fraction of sp³-hybridized carbons (Fsp3) is 0.680. The highest BCUT2D eigenvalue weighted by atomic mass is 16.5. The van der Waals surface area contributed by atoms with Gasteiger partial charge in [0.1, 0.15) is 0 Å². The zero-order valence-electron chi connectivity index (χ0n) is 18.6. The van der Waals surface area contributed by atoms with Gasteiger partial charge in [0, 0.05) is 23.1 Å². The van der Waals surface area contributed by atoms with Crippen LogP contribution in [0.3, 0.4) is 0 Å². The molecule has 1 unspecified atom stereocenters. The van der Waals surface area contributed by atoms with Crippen LogP contribution in [0.2, 0.25) is 0 Å². The van der Waals surface area contributed by atoms with Crippen LogP contribution >= 0.6 is 0 Å². The normalized spacial score (nSPS) is 28.0. The highest BCUT2D eigenvalue weighted by Crippen LogP contribution is 2.46. The number of fused-ring (bicyclic) bond motifs is 3. The number of benzene rings is 1. The lowest BCUT2D eigenvalue weighted by Crippen LogP contribution is -2.34. The van der Waals surface area contributed by atoms with Crippen molar-refractivity contribution in [2.75, 3.05) is 20.3 Å². The molecule has 1 aliphatic heterocycles. The second kappa shape index (κ2) is 9.40. The van der Waals surface area contributed by atoms with Crippen LogP contribution in [0, 0.1) is 11.8 Å². The molecule has 0 amide bonds. The van der Waals surface area contributed by atoms with Crippen LogP contribution in [0.15, 0.2) is 17.1 Å². The number of esters is 1. The maximum absolute atomic E-state index is 12.2. The minimum Gasteiger partial charge on any atom is -0.493 e. The van der Waals surface area contributed by atoms with E-state index in [2.05, 4.69) is 12.1 Å². The summed E-state index contributed by atoms with van der Waals surface area (Å²) < 4.78 is 16.8. The number of rotatable bonds is 6. The Morgan fingerprint density at radius 1 is 1.00 bits per heavy atom. The van der Waals surface area contributed by atoms with Gasteiger partial charge in [-0.15, -0.1) is 0 Å². The second-order valence-corrected chi connectivity index (χ2v) is 8.80. The van der Waals surface area contributed by atoms with E-state index in [4.69, 9.17) is 19.2 Å². The van der Waals surface area contributed by atoms with Gasteiger partial charge in [-0.1, -0.05) is 12.8 Å². The summed E-state index contributed by atoms with van der Waals surface area (Å²) in [5, 5.41) is 0. The fourth-order valence-corrected chi connectivity index (χ4v) is 5.60. The van der Waals surface area contributed by atoms with Crippen LogP contribution < -0.4 is 9.47 Å². The molecule has 1 aromatic rings. The van der Waals surface area contributed by atoms with Gasteiger partial charge in [0.15, 0.2) is 11.5 Å². The number of hydrogen-bond acceptors (Lipinski definition) is 5. The highest BCUT2D eigenvalue weighted by Gasteiger charge is 2.38. The first kappa shape index (κ1) is 21.2. The zero-order chi connectivity index (χ0) is 21.1. The van der Waals surface area contributed by atoms with Gasteiger partial charge < -0.3 is 14.2 Å². The molecule has 1 aromatic carbocycles. The highest BCUT2D eigenvalue weighted by molar-refractivity contribution is 6.05. The molecule has 30 heavy (non-hydrogen) atoms. The molecular formula is C25H35NO4. The van der Waals surface area contributed by atoms with Gasteiger partial charge in [0.05, 0.1) is 32.3 Å². The van der Waals surface area contributed by atoms with Crippen molar-refractivity contribution in [2.45, 2.75) is 77.2 Å². The molecule has 0 radical (unpaired) electrons. The van der Waals surface area contributed by atoms with Crippen LogP contribution in [-0.4, -0.2) is 38.0 Å². The Bertz CT molecular complexity index is 795. The molecule has 0 N–H and O–H groups in total. The van der Waals surface area contributed by atoms with Gasteiger partial charge in [-0.25, -0.2) is 0 Å². The number of hydrogen-bond donors (Lipinski definition) is 0. The molecule has 5 heteroatoms. The molecule has 2 aliphatic carbocycles. The van der Waals surface area contributed by atoms with Gasteiger partial charge in [-0.2, -0.15) is 0 Å². The third-order valence-corrected chi connectivity index (χ3v) is 7.08. The predicted octanol–water partition coefficient (Wildman–Crippen LogP) is 5.29. The lowest BCUT2D eigenvalue weighted by molar-refractivity contribution is -0.149. The molecule has 0 bridgehead atoms. The van der Waals surface area contributed by atoms with Gasteiger partial charge in [0.2, 0.25) is 0 Å². The average Bonchev–Trinajstić information content (AvgIpc) is 2.78. The quantitative estimate of drug-likeness (QED) is 0.595. The van der Waals surface area contributed by atoms with Crippen molar-refractivity contribution >= 4 is 11.7 Å². The Morgan fingerprint density at radius 2 is 1.77 bits per heavy atom. The molecular weight excluding hydrogens is 378 g/mol. The summed E-state index contributed by atoms with van der Waals surface area (Å²) in [6, 6.07) is 4.76. The summed E-state index contributed by atoms with van der Waals surface area (Å²) in [5.41, 5.74) is 3.87. The maximum atomic E-state index is 12.2. The van der Waals surface area contributed by atoms with E-state index >= 15 is 0 Å². The summed E-state index contributed by atoms with van der Waals surface area (Å²) in [6.45, 7) is 4.98. The van der Waals surface area contributed by atoms with E-state index in [0.717, 1.165) is 37.2 Å². The van der Waals surface area contributed by atoms with E-state index in [1.165, 1.54) is 42.5 Å². The zero-order valence-corrected chi connectivity index (χ0v) is 18.6. The first-order valence-corrected chi connectivity index (χ1v) is 11.8. The molecule has 3 aliphatic rings. The van der Waals surface area contributed by atoms with Crippen LogP contribution in [0.5, 0.6) is 11.5 Å². The van der Waals surface area contributed by atoms with Crippen molar-refractivity contribution in [3.63, 3.8) is 0 Å². The molecule has 2 saturated carbocycles. The van der Waals surface area contributed by atoms with Crippen LogP contribution in [0.1, 0.15) is 82.3 Å². The minimum absolute atomic E-state index is 0.0303. The molecule has 2 atom stereocenters. The van der Waals surface area contributed by atoms with E-state index < -0.39 is 0 Å². The maximum Gasteiger partial charge on any atom is 0.308 e. The van der Waals surface area contributed by atoms with Crippen LogP contribution in [0.25, 0.3) is 0 Å². The van der Waals surface area contributed by atoms with Crippen LogP contribution in [-0.2, 0) is 9.53 Å². The number of carbonyl (C=O) groups excluding carboxylic acids is 1. The summed E-state index contributed by atoms with van der Waals surface area (Å²) in [6.07, 6.45) is 8.66. The largest absolute Gasteiger partial charge is 0.493 e. The first-order valence-electron chi connectivity index (χ1n) is 11.8. The SMILES string of the molecule is CCOC(=O)C1CCC(C2=N[C@@H]3CCCCC3c3cc(OCC)c(OC)cc32)CC1. The smallest absolute Gasteiger partial charge is 0.308 e. The third-order valence-electron chi connectivity index (χ3n) is 7.08. The van der Waals surface area contributed by atoms with Gasteiger partial charge in [-0.3, -0.25) is 9.79 Å². The molecule has 5 nitrogen and oxygen atoms in total. The Labute approximate surface area is 180 Å². The molecule has 4 rings (SSSR count). The first-order chi connectivity index (χ1) is 14.7. The second-order valence-electron chi connectivity index (χ2n) is 8.80. The Hall–Kier alpha value is -2.04. The Morgan fingerprint density at radius 3 is 2.47 bits per heavy atom. The monoisotopic (exact) mass is 413 g/mol. The standard InChI is InChI=1S/C25H35NO4/c1-4-29-23-14-19-18-8-6-7-9-21(18)26-24(20(19)15-22(23)28-3)16-10-12-17(13-11-16)25(27)30-5-2/h14-18,21H,4-13H2,1-3H3/t16?,17?,18?,21-/m1/s1. The van der Waals surface area contributed by atoms with Crippen molar-refractivity contribution in [2.24, 2.45) is 16.8 Å². The van der Waals surface area contributed by atoms with Crippen molar-refractivity contribution in [1.82, 2.24) is 0 Å². The molecule has 0 spiro atoms. The number of nitrogens with zero attached hydrogens (tertiary/aromatic N) is 1. The van der Waals surface area contributed by atoms with Crippen LogP contribution in [0.4, 0.5) is 0 Å². The number of ether oxygens (including phenoxy) is 3. The van der Waals surface area contributed by atoms with Gasteiger partial charge in [0.25, 0.3) is 0 Å². The van der Waals surface area contributed by atoms with E-state index in [0.29, 0.717) is 31.1 Å². The third kappa shape index (κ3) is 4.08. The van der Waals surface area contributed by atoms with Crippen molar-refractivity contribution < 1.29 is 19.0 Å².